The molecule has 0 radical (unpaired) electrons. The van der Waals surface area contributed by atoms with Gasteiger partial charge in [0.15, 0.2) is 6.79 Å². The van der Waals surface area contributed by atoms with Crippen LogP contribution < -0.4 is 9.47 Å². The van der Waals surface area contributed by atoms with Gasteiger partial charge in [0.1, 0.15) is 18.1 Å². The highest BCUT2D eigenvalue weighted by Gasteiger charge is 2.21. The van der Waals surface area contributed by atoms with Gasteiger partial charge in [-0.1, -0.05) is 19.1 Å². The Labute approximate surface area is 133 Å². The Bertz CT molecular complexity index is 712. The van der Waals surface area contributed by atoms with Gasteiger partial charge in [0.25, 0.3) is 5.69 Å². The summed E-state index contributed by atoms with van der Waals surface area (Å²) >= 11 is 0. The minimum atomic E-state index is -0.422. The number of nitro groups is 1. The zero-order chi connectivity index (χ0) is 16.2. The third-order valence-corrected chi connectivity index (χ3v) is 3.71. The van der Waals surface area contributed by atoms with Gasteiger partial charge in [-0.05, 0) is 24.1 Å². The van der Waals surface area contributed by atoms with Crippen LogP contribution in [0.2, 0.25) is 0 Å². The summed E-state index contributed by atoms with van der Waals surface area (Å²) in [5.41, 5.74) is 2.56. The molecule has 3 rings (SSSR count). The highest BCUT2D eigenvalue weighted by molar-refractivity contribution is 5.50. The van der Waals surface area contributed by atoms with Crippen molar-refractivity contribution in [3.63, 3.8) is 0 Å². The summed E-state index contributed by atoms with van der Waals surface area (Å²) in [4.78, 5) is 10.6. The topological polar surface area (TPSA) is 70.8 Å². The lowest BCUT2D eigenvalue weighted by molar-refractivity contribution is -0.385. The minimum absolute atomic E-state index is 0.0118. The van der Waals surface area contributed by atoms with Crippen molar-refractivity contribution < 1.29 is 19.1 Å². The molecule has 6 heteroatoms. The smallest absolute Gasteiger partial charge is 0.270 e. The molecule has 2 aromatic carbocycles. The van der Waals surface area contributed by atoms with Crippen LogP contribution in [-0.4, -0.2) is 11.7 Å². The fourth-order valence-electron chi connectivity index (χ4n) is 2.48. The van der Waals surface area contributed by atoms with Crippen LogP contribution in [0.25, 0.3) is 0 Å². The molecular formula is C17H17NO5. The highest BCUT2D eigenvalue weighted by atomic mass is 16.7. The maximum Gasteiger partial charge on any atom is 0.270 e. The fraction of sp³-hybridized carbons (Fsp3) is 0.294. The monoisotopic (exact) mass is 315 g/mol. The van der Waals surface area contributed by atoms with Crippen LogP contribution in [0.3, 0.4) is 0 Å². The van der Waals surface area contributed by atoms with Crippen LogP contribution in [0, 0.1) is 10.1 Å². The van der Waals surface area contributed by atoms with E-state index in [1.807, 2.05) is 24.3 Å². The molecule has 0 fully saturated rings. The molecule has 0 saturated heterocycles. The maximum absolute atomic E-state index is 11.1. The van der Waals surface area contributed by atoms with E-state index in [1.165, 1.54) is 17.7 Å². The summed E-state index contributed by atoms with van der Waals surface area (Å²) in [5, 5.41) is 11.1. The molecule has 0 unspecified atom stereocenters. The lowest BCUT2D eigenvalue weighted by atomic mass is 10.1. The van der Waals surface area contributed by atoms with Crippen LogP contribution in [0.1, 0.15) is 23.6 Å². The molecule has 1 aliphatic rings. The molecule has 1 aliphatic heterocycles. The van der Waals surface area contributed by atoms with Gasteiger partial charge in [-0.25, -0.2) is 0 Å². The largest absolute Gasteiger partial charge is 0.489 e. The van der Waals surface area contributed by atoms with Crippen molar-refractivity contribution in [1.82, 2.24) is 0 Å². The van der Waals surface area contributed by atoms with E-state index >= 15 is 0 Å². The molecular weight excluding hydrogens is 298 g/mol. The zero-order valence-corrected chi connectivity index (χ0v) is 12.8. The van der Waals surface area contributed by atoms with Crippen molar-refractivity contribution in [2.45, 2.75) is 26.6 Å². The van der Waals surface area contributed by atoms with Crippen molar-refractivity contribution in [2.75, 3.05) is 6.79 Å². The van der Waals surface area contributed by atoms with Gasteiger partial charge >= 0.3 is 0 Å². The number of rotatable bonds is 5. The van der Waals surface area contributed by atoms with Crippen molar-refractivity contribution in [2.24, 2.45) is 0 Å². The molecule has 1 heterocycles. The predicted molar refractivity (Wildman–Crippen MR) is 83.5 cm³/mol. The van der Waals surface area contributed by atoms with E-state index in [9.17, 15) is 10.1 Å². The van der Waals surface area contributed by atoms with Crippen LogP contribution >= 0.6 is 0 Å². The first kappa shape index (κ1) is 15.3. The standard InChI is InChI=1S/C17H17NO5/c1-2-12-3-5-16(6-4-12)22-10-14-8-15(18(19)20)7-13-9-21-11-23-17(13)14/h3-8H,2,9-11H2,1H3. The Morgan fingerprint density at radius 2 is 2.04 bits per heavy atom. The molecule has 0 atom stereocenters. The number of fused-ring (bicyclic) bond motifs is 1. The number of hydrogen-bond acceptors (Lipinski definition) is 5. The first-order valence-corrected chi connectivity index (χ1v) is 7.40. The Morgan fingerprint density at radius 1 is 1.26 bits per heavy atom. The van der Waals surface area contributed by atoms with Crippen molar-refractivity contribution in [3.8, 4) is 11.5 Å². The predicted octanol–water partition coefficient (Wildman–Crippen LogP) is 3.60. The molecule has 0 N–H and O–H groups in total. The van der Waals surface area contributed by atoms with E-state index < -0.39 is 4.92 Å². The van der Waals surface area contributed by atoms with E-state index in [1.54, 1.807) is 0 Å². The number of non-ortho nitro benzene ring substituents is 1. The average molecular weight is 315 g/mol. The Balaban J connectivity index is 1.83. The van der Waals surface area contributed by atoms with Gasteiger partial charge in [0, 0.05) is 23.3 Å². The van der Waals surface area contributed by atoms with Crippen molar-refractivity contribution in [1.29, 1.82) is 0 Å². The van der Waals surface area contributed by atoms with Crippen LogP contribution in [0.15, 0.2) is 36.4 Å². The number of benzene rings is 2. The molecule has 6 nitrogen and oxygen atoms in total. The Hall–Kier alpha value is -2.60. The summed E-state index contributed by atoms with van der Waals surface area (Å²) in [6.45, 7) is 2.73. The van der Waals surface area contributed by atoms with Gasteiger partial charge in [0.2, 0.25) is 0 Å². The molecule has 0 spiro atoms. The number of aryl methyl sites for hydroxylation is 1. The molecule has 0 aromatic heterocycles. The van der Waals surface area contributed by atoms with Crippen LogP contribution in [0.4, 0.5) is 5.69 Å². The number of hydrogen-bond donors (Lipinski definition) is 0. The summed E-state index contributed by atoms with van der Waals surface area (Å²) in [5.74, 6) is 1.33. The first-order chi connectivity index (χ1) is 11.2. The van der Waals surface area contributed by atoms with Gasteiger partial charge in [-0.3, -0.25) is 10.1 Å². The van der Waals surface area contributed by atoms with Gasteiger partial charge in [0.05, 0.1) is 11.5 Å². The van der Waals surface area contributed by atoms with E-state index in [0.717, 1.165) is 12.2 Å². The maximum atomic E-state index is 11.1. The molecule has 23 heavy (non-hydrogen) atoms. The van der Waals surface area contributed by atoms with Crippen molar-refractivity contribution >= 4 is 5.69 Å². The van der Waals surface area contributed by atoms with E-state index in [2.05, 4.69) is 6.92 Å². The quantitative estimate of drug-likeness (QED) is 0.622. The molecule has 0 saturated carbocycles. The molecule has 2 aromatic rings. The minimum Gasteiger partial charge on any atom is -0.489 e. The van der Waals surface area contributed by atoms with Gasteiger partial charge in [-0.2, -0.15) is 0 Å². The SMILES string of the molecule is CCc1ccc(OCc2cc([N+](=O)[O-])cc3c2OCOC3)cc1. The summed E-state index contributed by atoms with van der Waals surface area (Å²) in [7, 11) is 0. The van der Waals surface area contributed by atoms with E-state index in [0.29, 0.717) is 23.5 Å². The van der Waals surface area contributed by atoms with Gasteiger partial charge in [-0.15, -0.1) is 0 Å². The normalized spacial score (nSPS) is 13.1. The zero-order valence-electron chi connectivity index (χ0n) is 12.8. The second-order valence-corrected chi connectivity index (χ2v) is 5.25. The number of nitrogens with zero attached hydrogens (tertiary/aromatic N) is 1. The lowest BCUT2D eigenvalue weighted by Gasteiger charge is -2.20. The lowest BCUT2D eigenvalue weighted by Crippen LogP contribution is -2.14. The van der Waals surface area contributed by atoms with E-state index in [-0.39, 0.29) is 19.1 Å². The fourth-order valence-corrected chi connectivity index (χ4v) is 2.48. The highest BCUT2D eigenvalue weighted by Crippen LogP contribution is 2.33. The third-order valence-electron chi connectivity index (χ3n) is 3.71. The molecule has 0 aliphatic carbocycles. The second-order valence-electron chi connectivity index (χ2n) is 5.25. The van der Waals surface area contributed by atoms with Gasteiger partial charge < -0.3 is 14.2 Å². The summed E-state index contributed by atoms with van der Waals surface area (Å²) < 4.78 is 16.4. The average Bonchev–Trinajstić information content (AvgIpc) is 2.59. The molecule has 120 valence electrons. The van der Waals surface area contributed by atoms with Crippen LogP contribution in [-0.2, 0) is 24.4 Å². The molecule has 0 bridgehead atoms. The first-order valence-electron chi connectivity index (χ1n) is 7.40. The summed E-state index contributed by atoms with van der Waals surface area (Å²) in [6, 6.07) is 10.8. The summed E-state index contributed by atoms with van der Waals surface area (Å²) in [6.07, 6.45) is 0.965. The molecule has 0 amide bonds. The third kappa shape index (κ3) is 3.43. The van der Waals surface area contributed by atoms with Crippen molar-refractivity contribution in [3.05, 3.63) is 63.2 Å². The Kier molecular flexibility index (Phi) is 4.43. The Morgan fingerprint density at radius 3 is 2.74 bits per heavy atom. The van der Waals surface area contributed by atoms with E-state index in [4.69, 9.17) is 14.2 Å². The number of ether oxygens (including phenoxy) is 3. The second kappa shape index (κ2) is 6.66. The number of nitro benzene ring substituents is 1. The van der Waals surface area contributed by atoms with Crippen LogP contribution in [0.5, 0.6) is 11.5 Å².